The van der Waals surface area contributed by atoms with Gasteiger partial charge in [0.15, 0.2) is 5.13 Å². The maximum Gasteiger partial charge on any atom is 0.260 e. The van der Waals surface area contributed by atoms with E-state index in [4.69, 9.17) is 14.5 Å². The molecule has 3 aromatic rings. The number of nitrogens with zero attached hydrogens (tertiary/aromatic N) is 4. The number of unbranched alkanes of at least 4 members (excludes halogenated alkanes) is 1. The topological polar surface area (TPSA) is 92.3 Å². The summed E-state index contributed by atoms with van der Waals surface area (Å²) in [4.78, 5) is 22.9. The average Bonchev–Trinajstić information content (AvgIpc) is 3.39. The van der Waals surface area contributed by atoms with Gasteiger partial charge in [-0.3, -0.25) is 14.6 Å². The summed E-state index contributed by atoms with van der Waals surface area (Å²) in [5.74, 6) is 0.570. The summed E-state index contributed by atoms with van der Waals surface area (Å²) < 4.78 is 39.9. The number of carbonyl (C=O) groups excluding carboxylic acids is 1. The first-order valence-electron chi connectivity index (χ1n) is 14.1. The van der Waals surface area contributed by atoms with Crippen LogP contribution in [0.15, 0.2) is 47.4 Å². The molecule has 226 valence electrons. The van der Waals surface area contributed by atoms with Gasteiger partial charge in [-0.25, -0.2) is 13.4 Å². The van der Waals surface area contributed by atoms with Gasteiger partial charge in [0, 0.05) is 44.8 Å². The number of rotatable bonds is 14. The molecule has 41 heavy (non-hydrogen) atoms. The highest BCUT2D eigenvalue weighted by molar-refractivity contribution is 7.89. The van der Waals surface area contributed by atoms with E-state index in [1.807, 2.05) is 39.0 Å². The van der Waals surface area contributed by atoms with Crippen molar-refractivity contribution in [2.24, 2.45) is 0 Å². The van der Waals surface area contributed by atoms with Crippen LogP contribution < -0.4 is 9.64 Å². The molecule has 2 aromatic carbocycles. The minimum absolute atomic E-state index is 0. The fraction of sp³-hybridized carbons (Fsp3) is 0.517. The Hall–Kier alpha value is -2.28. The van der Waals surface area contributed by atoms with Crippen molar-refractivity contribution < 1.29 is 22.7 Å². The van der Waals surface area contributed by atoms with Crippen molar-refractivity contribution in [3.8, 4) is 5.75 Å². The predicted molar refractivity (Wildman–Crippen MR) is 167 cm³/mol. The van der Waals surface area contributed by atoms with Crippen molar-refractivity contribution in [1.29, 1.82) is 0 Å². The third-order valence-corrected chi connectivity index (χ3v) is 9.98. The van der Waals surface area contributed by atoms with Gasteiger partial charge in [-0.15, -0.1) is 12.4 Å². The van der Waals surface area contributed by atoms with Gasteiger partial charge < -0.3 is 9.47 Å². The molecule has 0 spiro atoms. The van der Waals surface area contributed by atoms with Crippen LogP contribution in [-0.2, 0) is 14.8 Å². The molecular weight excluding hydrogens is 584 g/mol. The molecule has 4 rings (SSSR count). The second-order valence-electron chi connectivity index (χ2n) is 9.70. The lowest BCUT2D eigenvalue weighted by Crippen LogP contribution is -2.39. The van der Waals surface area contributed by atoms with Crippen molar-refractivity contribution >= 4 is 55.0 Å². The number of fused-ring (bicyclic) bond motifs is 1. The van der Waals surface area contributed by atoms with E-state index in [9.17, 15) is 13.2 Å². The molecule has 12 heteroatoms. The number of amides is 1. The van der Waals surface area contributed by atoms with Gasteiger partial charge in [-0.1, -0.05) is 31.6 Å². The summed E-state index contributed by atoms with van der Waals surface area (Å²) in [6.07, 6.45) is 2.50. The van der Waals surface area contributed by atoms with Gasteiger partial charge in [0.05, 0.1) is 34.9 Å². The highest BCUT2D eigenvalue weighted by Crippen LogP contribution is 2.32. The Labute approximate surface area is 253 Å². The van der Waals surface area contributed by atoms with Crippen LogP contribution in [0.1, 0.15) is 50.4 Å². The van der Waals surface area contributed by atoms with Crippen LogP contribution in [0.25, 0.3) is 10.2 Å². The Kier molecular flexibility index (Phi) is 12.8. The van der Waals surface area contributed by atoms with Crippen molar-refractivity contribution in [3.05, 3.63) is 48.0 Å². The molecule has 1 aromatic heterocycles. The monoisotopic (exact) mass is 624 g/mol. The smallest absolute Gasteiger partial charge is 0.260 e. The Morgan fingerprint density at radius 1 is 1.05 bits per heavy atom. The highest BCUT2D eigenvalue weighted by Gasteiger charge is 2.25. The number of hydrogen-bond donors (Lipinski definition) is 0. The highest BCUT2D eigenvalue weighted by atomic mass is 35.5. The molecule has 1 amide bonds. The molecule has 1 saturated heterocycles. The molecule has 9 nitrogen and oxygen atoms in total. The molecule has 0 atom stereocenters. The van der Waals surface area contributed by atoms with Crippen molar-refractivity contribution in [3.63, 3.8) is 0 Å². The molecular formula is C29H41ClN4O5S2. The third-order valence-electron chi connectivity index (χ3n) is 6.95. The molecule has 1 fully saturated rings. The SMILES string of the molecule is CCCCN(CC)S(=O)(=O)c1ccc(C(=O)N(CCCN2CCOCC2)c2nc3ccc(OCC)cc3s2)cc1.Cl. The average molecular weight is 625 g/mol. The number of sulfonamides is 1. The maximum absolute atomic E-state index is 13.8. The minimum atomic E-state index is -3.62. The van der Waals surface area contributed by atoms with Crippen LogP contribution in [-0.4, -0.2) is 87.6 Å². The number of aromatic nitrogens is 1. The van der Waals surface area contributed by atoms with E-state index in [2.05, 4.69) is 4.90 Å². The van der Waals surface area contributed by atoms with Crippen molar-refractivity contribution in [2.45, 2.75) is 44.9 Å². The van der Waals surface area contributed by atoms with Crippen molar-refractivity contribution in [2.75, 3.05) is 64.0 Å². The third kappa shape index (κ3) is 8.39. The molecule has 0 N–H and O–H groups in total. The molecule has 2 heterocycles. The molecule has 0 saturated carbocycles. The van der Waals surface area contributed by atoms with Crippen LogP contribution in [0.4, 0.5) is 5.13 Å². The number of anilines is 1. The Balaban J connectivity index is 0.00000462. The Morgan fingerprint density at radius 2 is 1.78 bits per heavy atom. The van der Waals surface area contributed by atoms with E-state index in [0.29, 0.717) is 36.9 Å². The number of morpholine rings is 1. The first kappa shape index (κ1) is 33.2. The first-order chi connectivity index (χ1) is 19.4. The lowest BCUT2D eigenvalue weighted by atomic mass is 10.2. The zero-order chi connectivity index (χ0) is 28.5. The van der Waals surface area contributed by atoms with Gasteiger partial charge in [0.2, 0.25) is 10.0 Å². The molecule has 1 aliphatic heterocycles. The standard InChI is InChI=1S/C29H40N4O5S2.ClH/c1-4-7-16-32(5-2)40(35,36)25-12-9-23(10-13-25)28(34)33(17-8-15-31-18-20-37-21-19-31)29-30-26-14-11-24(38-6-3)22-27(26)39-29;/h9-14,22H,4-8,15-21H2,1-3H3;1H. The zero-order valence-electron chi connectivity index (χ0n) is 24.1. The number of hydrogen-bond acceptors (Lipinski definition) is 8. The van der Waals surface area contributed by atoms with Crippen molar-refractivity contribution in [1.82, 2.24) is 14.2 Å². The summed E-state index contributed by atoms with van der Waals surface area (Å²) in [6.45, 7) is 11.9. The largest absolute Gasteiger partial charge is 0.494 e. The minimum Gasteiger partial charge on any atom is -0.494 e. The summed E-state index contributed by atoms with van der Waals surface area (Å²) in [7, 11) is -3.62. The number of benzene rings is 2. The van der Waals surface area contributed by atoms with E-state index < -0.39 is 10.0 Å². The van der Waals surface area contributed by atoms with E-state index in [1.165, 1.54) is 27.8 Å². The Bertz CT molecular complexity index is 1360. The van der Waals surface area contributed by atoms with Crippen LogP contribution in [0.5, 0.6) is 5.75 Å². The van der Waals surface area contributed by atoms with Gasteiger partial charge in [-0.2, -0.15) is 4.31 Å². The van der Waals surface area contributed by atoms with Crippen LogP contribution in [0.3, 0.4) is 0 Å². The number of carbonyl (C=O) groups is 1. The predicted octanol–water partition coefficient (Wildman–Crippen LogP) is 5.30. The number of halogens is 1. The quantitative estimate of drug-likeness (QED) is 0.240. The Morgan fingerprint density at radius 3 is 2.44 bits per heavy atom. The molecule has 0 aliphatic carbocycles. The van der Waals surface area contributed by atoms with E-state index in [-0.39, 0.29) is 23.2 Å². The molecule has 0 bridgehead atoms. The van der Waals surface area contributed by atoms with E-state index >= 15 is 0 Å². The first-order valence-corrected chi connectivity index (χ1v) is 16.4. The van der Waals surface area contributed by atoms with Crippen LogP contribution in [0.2, 0.25) is 0 Å². The fourth-order valence-electron chi connectivity index (χ4n) is 4.68. The summed E-state index contributed by atoms with van der Waals surface area (Å²) in [5.41, 5.74) is 1.24. The van der Waals surface area contributed by atoms with Crippen LogP contribution in [0, 0.1) is 0 Å². The maximum atomic E-state index is 13.8. The number of ether oxygens (including phenoxy) is 2. The molecule has 0 radical (unpaired) electrons. The summed E-state index contributed by atoms with van der Waals surface area (Å²) >= 11 is 1.45. The van der Waals surface area contributed by atoms with Gasteiger partial charge in [0.1, 0.15) is 5.75 Å². The van der Waals surface area contributed by atoms with Gasteiger partial charge in [-0.05, 0) is 62.2 Å². The van der Waals surface area contributed by atoms with E-state index in [1.54, 1.807) is 17.0 Å². The summed E-state index contributed by atoms with van der Waals surface area (Å²) in [5, 5.41) is 0.615. The van der Waals surface area contributed by atoms with Gasteiger partial charge in [0.25, 0.3) is 5.91 Å². The lowest BCUT2D eigenvalue weighted by Gasteiger charge is -2.27. The molecule has 0 unspecified atom stereocenters. The zero-order valence-corrected chi connectivity index (χ0v) is 26.5. The number of thiazole rings is 1. The fourth-order valence-corrected chi connectivity index (χ4v) is 7.19. The van der Waals surface area contributed by atoms with Gasteiger partial charge >= 0.3 is 0 Å². The van der Waals surface area contributed by atoms with Crippen LogP contribution >= 0.6 is 23.7 Å². The summed E-state index contributed by atoms with van der Waals surface area (Å²) in [6, 6.07) is 12.0. The van der Waals surface area contributed by atoms with E-state index in [0.717, 1.165) is 68.1 Å². The second-order valence-corrected chi connectivity index (χ2v) is 12.6. The lowest BCUT2D eigenvalue weighted by molar-refractivity contribution is 0.0376. The normalized spacial score (nSPS) is 14.2. The second kappa shape index (κ2) is 15.8. The molecule has 1 aliphatic rings.